The first-order chi connectivity index (χ1) is 14.3. The fraction of sp³-hybridized carbons (Fsp3) is 0.476. The first-order valence-corrected chi connectivity index (χ1v) is 9.75. The van der Waals surface area contributed by atoms with Crippen molar-refractivity contribution >= 4 is 11.8 Å². The normalized spacial score (nSPS) is 12.8. The molecule has 31 heavy (non-hydrogen) atoms. The average Bonchev–Trinajstić information content (AvgIpc) is 3.17. The topological polar surface area (TPSA) is 84.6 Å². The Labute approximate surface area is 177 Å². The van der Waals surface area contributed by atoms with Crippen molar-refractivity contribution in [3.63, 3.8) is 0 Å². The quantitative estimate of drug-likeness (QED) is 0.709. The molecule has 0 aromatic carbocycles. The number of nitrogens with one attached hydrogen (secondary N) is 1. The Balaban J connectivity index is 2.49. The third kappa shape index (κ3) is 5.77. The zero-order chi connectivity index (χ0) is 23.5. The zero-order valence-corrected chi connectivity index (χ0v) is 18.0. The SMILES string of the molecule is CC(C)CN(C)C(=O)c1cn(C(C)C)cc(C(=O)N[C@H](c2ccco2)C(F)(F)F)c1=O. The van der Waals surface area contributed by atoms with Crippen molar-refractivity contribution in [3.05, 3.63) is 57.9 Å². The van der Waals surface area contributed by atoms with Crippen LogP contribution in [0, 0.1) is 5.92 Å². The van der Waals surface area contributed by atoms with Crippen LogP contribution in [0.25, 0.3) is 0 Å². The molecule has 0 bridgehead atoms. The minimum absolute atomic E-state index is 0.133. The molecule has 2 amide bonds. The lowest BCUT2D eigenvalue weighted by molar-refractivity contribution is -0.159. The van der Waals surface area contributed by atoms with Crippen LogP contribution >= 0.6 is 0 Å². The number of pyridine rings is 1. The Morgan fingerprint density at radius 3 is 2.26 bits per heavy atom. The van der Waals surface area contributed by atoms with E-state index in [4.69, 9.17) is 4.42 Å². The molecule has 7 nitrogen and oxygen atoms in total. The smallest absolute Gasteiger partial charge is 0.415 e. The standard InChI is InChI=1S/C21H26F3N3O4/c1-12(2)9-26(5)20(30)15-11-27(13(3)4)10-14(17(15)28)19(29)25-18(21(22,23)24)16-7-6-8-31-16/h6-8,10-13,18H,9H2,1-5H3,(H,25,29)/t18-/m1/s1. The fourth-order valence-electron chi connectivity index (χ4n) is 3.02. The van der Waals surface area contributed by atoms with Gasteiger partial charge in [0.2, 0.25) is 5.43 Å². The molecule has 0 saturated carbocycles. The van der Waals surface area contributed by atoms with E-state index in [1.165, 1.54) is 28.8 Å². The number of furan rings is 1. The number of hydrogen-bond donors (Lipinski definition) is 1. The van der Waals surface area contributed by atoms with E-state index in [0.29, 0.717) is 6.54 Å². The van der Waals surface area contributed by atoms with Crippen LogP contribution in [0.15, 0.2) is 40.0 Å². The molecule has 10 heteroatoms. The largest absolute Gasteiger partial charge is 0.467 e. The second kappa shape index (κ2) is 9.40. The van der Waals surface area contributed by atoms with Crippen LogP contribution < -0.4 is 10.7 Å². The number of rotatable bonds is 7. The minimum atomic E-state index is -4.85. The highest BCUT2D eigenvalue weighted by molar-refractivity contribution is 5.99. The molecule has 0 saturated heterocycles. The van der Waals surface area contributed by atoms with Crippen molar-refractivity contribution in [2.45, 2.75) is 46.0 Å². The Morgan fingerprint density at radius 1 is 1.16 bits per heavy atom. The second-order valence-corrected chi connectivity index (χ2v) is 8.00. The first kappa shape index (κ1) is 24.2. The van der Waals surface area contributed by atoms with E-state index in [2.05, 4.69) is 0 Å². The molecule has 0 aliphatic carbocycles. The number of carbonyl (C=O) groups is 2. The molecule has 0 spiro atoms. The number of nitrogens with zero attached hydrogens (tertiary/aromatic N) is 2. The number of carbonyl (C=O) groups excluding carboxylic acids is 2. The van der Waals surface area contributed by atoms with Crippen molar-refractivity contribution in [1.82, 2.24) is 14.8 Å². The van der Waals surface area contributed by atoms with E-state index in [0.717, 1.165) is 18.5 Å². The van der Waals surface area contributed by atoms with Crippen LogP contribution in [0.3, 0.4) is 0 Å². The predicted octanol–water partition coefficient (Wildman–Crippen LogP) is 3.78. The van der Waals surface area contributed by atoms with E-state index in [1.54, 1.807) is 13.8 Å². The van der Waals surface area contributed by atoms with E-state index in [1.807, 2.05) is 19.2 Å². The second-order valence-electron chi connectivity index (χ2n) is 8.00. The number of amides is 2. The lowest BCUT2D eigenvalue weighted by Gasteiger charge is -2.22. The molecule has 0 aliphatic rings. The van der Waals surface area contributed by atoms with Gasteiger partial charge in [-0.05, 0) is 31.9 Å². The Hall–Kier alpha value is -3.04. The van der Waals surface area contributed by atoms with Crippen molar-refractivity contribution in [1.29, 1.82) is 0 Å². The molecule has 0 fully saturated rings. The van der Waals surface area contributed by atoms with Gasteiger partial charge in [-0.1, -0.05) is 13.8 Å². The third-order valence-electron chi connectivity index (χ3n) is 4.53. The van der Waals surface area contributed by atoms with Crippen LogP contribution in [0.5, 0.6) is 0 Å². The van der Waals surface area contributed by atoms with Gasteiger partial charge in [0, 0.05) is 32.0 Å². The maximum atomic E-state index is 13.5. The maximum absolute atomic E-state index is 13.5. The molecule has 0 aliphatic heterocycles. The van der Waals surface area contributed by atoms with Gasteiger partial charge in [0.1, 0.15) is 16.9 Å². The van der Waals surface area contributed by atoms with E-state index < -0.39 is 40.8 Å². The minimum Gasteiger partial charge on any atom is -0.467 e. The van der Waals surface area contributed by atoms with Crippen molar-refractivity contribution in [2.75, 3.05) is 13.6 Å². The molecule has 1 atom stereocenters. The number of alkyl halides is 3. The lowest BCUT2D eigenvalue weighted by atomic mass is 10.1. The van der Waals surface area contributed by atoms with E-state index >= 15 is 0 Å². The molecule has 2 aromatic rings. The van der Waals surface area contributed by atoms with Gasteiger partial charge in [-0.15, -0.1) is 0 Å². The van der Waals surface area contributed by atoms with Gasteiger partial charge >= 0.3 is 6.18 Å². The monoisotopic (exact) mass is 441 g/mol. The summed E-state index contributed by atoms with van der Waals surface area (Å²) in [5, 5.41) is 1.81. The lowest BCUT2D eigenvalue weighted by Crippen LogP contribution is -2.41. The van der Waals surface area contributed by atoms with Crippen molar-refractivity contribution < 1.29 is 27.2 Å². The molecule has 2 rings (SSSR count). The van der Waals surface area contributed by atoms with Crippen LogP contribution in [0.1, 0.15) is 66.3 Å². The Bertz CT molecular complexity index is 979. The summed E-state index contributed by atoms with van der Waals surface area (Å²) in [5.41, 5.74) is -1.78. The third-order valence-corrected chi connectivity index (χ3v) is 4.53. The van der Waals surface area contributed by atoms with Crippen LogP contribution in [0.4, 0.5) is 13.2 Å². The van der Waals surface area contributed by atoms with Crippen LogP contribution in [-0.2, 0) is 0 Å². The molecule has 1 N–H and O–H groups in total. The fourth-order valence-corrected chi connectivity index (χ4v) is 3.02. The number of aromatic nitrogens is 1. The molecule has 2 heterocycles. The van der Waals surface area contributed by atoms with Crippen molar-refractivity contribution in [3.8, 4) is 0 Å². The van der Waals surface area contributed by atoms with Crippen LogP contribution in [-0.4, -0.2) is 41.1 Å². The van der Waals surface area contributed by atoms with Gasteiger partial charge in [0.05, 0.1) is 6.26 Å². The Morgan fingerprint density at radius 2 is 1.77 bits per heavy atom. The summed E-state index contributed by atoms with van der Waals surface area (Å²) in [6.45, 7) is 7.65. The molecular weight excluding hydrogens is 415 g/mol. The van der Waals surface area contributed by atoms with Crippen molar-refractivity contribution in [2.24, 2.45) is 5.92 Å². The zero-order valence-electron chi connectivity index (χ0n) is 18.0. The van der Waals surface area contributed by atoms with Crippen LogP contribution in [0.2, 0.25) is 0 Å². The summed E-state index contributed by atoms with van der Waals surface area (Å²) in [6, 6.07) is -0.357. The Kier molecular flexibility index (Phi) is 7.35. The summed E-state index contributed by atoms with van der Waals surface area (Å²) >= 11 is 0. The van der Waals surface area contributed by atoms with Gasteiger partial charge in [0.15, 0.2) is 6.04 Å². The molecular formula is C21H26F3N3O4. The summed E-state index contributed by atoms with van der Waals surface area (Å²) in [7, 11) is 1.52. The molecule has 0 unspecified atom stereocenters. The highest BCUT2D eigenvalue weighted by Crippen LogP contribution is 2.33. The van der Waals surface area contributed by atoms with E-state index in [-0.39, 0.29) is 17.5 Å². The van der Waals surface area contributed by atoms with Gasteiger partial charge in [-0.3, -0.25) is 14.4 Å². The van der Waals surface area contributed by atoms with Gasteiger partial charge in [-0.2, -0.15) is 13.2 Å². The molecule has 2 aromatic heterocycles. The van der Waals surface area contributed by atoms with Gasteiger partial charge < -0.3 is 19.2 Å². The number of halogens is 3. The summed E-state index contributed by atoms with van der Waals surface area (Å²) in [4.78, 5) is 39.8. The average molecular weight is 441 g/mol. The first-order valence-electron chi connectivity index (χ1n) is 9.75. The number of hydrogen-bond acceptors (Lipinski definition) is 4. The highest BCUT2D eigenvalue weighted by atomic mass is 19.4. The summed E-state index contributed by atoms with van der Waals surface area (Å²) < 4.78 is 46.7. The predicted molar refractivity (Wildman–Crippen MR) is 108 cm³/mol. The summed E-state index contributed by atoms with van der Waals surface area (Å²) in [6.07, 6.45) is -1.33. The van der Waals surface area contributed by atoms with E-state index in [9.17, 15) is 27.6 Å². The molecule has 170 valence electrons. The highest BCUT2D eigenvalue weighted by Gasteiger charge is 2.44. The van der Waals surface area contributed by atoms with Gasteiger partial charge in [0.25, 0.3) is 11.8 Å². The maximum Gasteiger partial charge on any atom is 0.415 e. The van der Waals surface area contributed by atoms with Gasteiger partial charge in [-0.25, -0.2) is 0 Å². The summed E-state index contributed by atoms with van der Waals surface area (Å²) in [5.74, 6) is -2.25. The molecule has 0 radical (unpaired) electrons.